The lowest BCUT2D eigenvalue weighted by atomic mass is 10.1. The van der Waals surface area contributed by atoms with Crippen molar-refractivity contribution in [2.75, 3.05) is 14.2 Å². The first-order valence-corrected chi connectivity index (χ1v) is 9.15. The highest BCUT2D eigenvalue weighted by Gasteiger charge is 2.27. The van der Waals surface area contributed by atoms with Gasteiger partial charge in [0.05, 0.1) is 19.8 Å². The average Bonchev–Trinajstić information content (AvgIpc) is 3.07. The van der Waals surface area contributed by atoms with Crippen LogP contribution in [0, 0.1) is 0 Å². The molecule has 0 bridgehead atoms. The normalized spacial score (nSPS) is 13.7. The predicted octanol–water partition coefficient (Wildman–Crippen LogP) is 4.90. The highest BCUT2D eigenvalue weighted by molar-refractivity contribution is 6.14. The number of hydrogen-bond donors (Lipinski definition) is 0. The van der Waals surface area contributed by atoms with Gasteiger partial charge in [0.25, 0.3) is 0 Å². The Morgan fingerprint density at radius 1 is 0.897 bits per heavy atom. The molecule has 3 aromatic rings. The van der Waals surface area contributed by atoms with E-state index in [0.717, 1.165) is 11.1 Å². The van der Waals surface area contributed by atoms with E-state index in [1.165, 1.54) is 0 Å². The van der Waals surface area contributed by atoms with Crippen molar-refractivity contribution in [2.24, 2.45) is 0 Å². The number of fused-ring (bicyclic) bond motifs is 1. The molecule has 0 saturated heterocycles. The van der Waals surface area contributed by atoms with Crippen LogP contribution in [0.5, 0.6) is 23.0 Å². The molecule has 146 valence electrons. The number of Topliss-reactive ketones (excluding diaryl/α,β-unsaturated/α-hetero) is 1. The van der Waals surface area contributed by atoms with Crippen molar-refractivity contribution < 1.29 is 23.7 Å². The first kappa shape index (κ1) is 18.6. The van der Waals surface area contributed by atoms with Gasteiger partial charge in [-0.25, -0.2) is 0 Å². The summed E-state index contributed by atoms with van der Waals surface area (Å²) in [5.74, 6) is 2.44. The Bertz CT molecular complexity index is 1070. The van der Waals surface area contributed by atoms with E-state index in [2.05, 4.69) is 0 Å². The number of benzene rings is 3. The Labute approximate surface area is 169 Å². The van der Waals surface area contributed by atoms with Crippen LogP contribution >= 0.6 is 0 Å². The molecule has 1 heterocycles. The Balaban J connectivity index is 1.53. The van der Waals surface area contributed by atoms with E-state index >= 15 is 0 Å². The quantitative estimate of drug-likeness (QED) is 0.562. The minimum Gasteiger partial charge on any atom is -0.493 e. The number of ketones is 1. The lowest BCUT2D eigenvalue weighted by Crippen LogP contribution is -1.98. The van der Waals surface area contributed by atoms with Gasteiger partial charge in [-0.15, -0.1) is 0 Å². The number of hydrogen-bond acceptors (Lipinski definition) is 5. The fraction of sp³-hybridized carbons (Fsp3) is 0.125. The smallest absolute Gasteiger partial charge is 0.231 e. The molecule has 0 saturated carbocycles. The van der Waals surface area contributed by atoms with Gasteiger partial charge in [-0.1, -0.05) is 36.4 Å². The number of rotatable bonds is 6. The molecule has 29 heavy (non-hydrogen) atoms. The topological polar surface area (TPSA) is 54.0 Å². The van der Waals surface area contributed by atoms with E-state index < -0.39 is 0 Å². The van der Waals surface area contributed by atoms with E-state index in [0.29, 0.717) is 35.2 Å². The molecule has 0 atom stereocenters. The van der Waals surface area contributed by atoms with Crippen LogP contribution in [-0.4, -0.2) is 20.0 Å². The first-order chi connectivity index (χ1) is 14.2. The van der Waals surface area contributed by atoms with E-state index in [-0.39, 0.29) is 11.5 Å². The maximum absolute atomic E-state index is 12.7. The Morgan fingerprint density at radius 2 is 1.69 bits per heavy atom. The molecule has 5 heteroatoms. The summed E-state index contributed by atoms with van der Waals surface area (Å²) in [6, 6.07) is 20.6. The van der Waals surface area contributed by atoms with Crippen molar-refractivity contribution in [2.45, 2.75) is 6.61 Å². The molecular weight excluding hydrogens is 368 g/mol. The Kier molecular flexibility index (Phi) is 5.20. The highest BCUT2D eigenvalue weighted by atomic mass is 16.5. The first-order valence-electron chi connectivity index (χ1n) is 9.15. The van der Waals surface area contributed by atoms with Gasteiger partial charge < -0.3 is 18.9 Å². The SMILES string of the molecule is COc1ccc(/C=C2\Oc3cc(OCc4ccccc4)ccc3C2=O)cc1OC. The molecule has 0 aliphatic carbocycles. The predicted molar refractivity (Wildman–Crippen MR) is 110 cm³/mol. The van der Waals surface area contributed by atoms with Crippen molar-refractivity contribution in [3.8, 4) is 23.0 Å². The van der Waals surface area contributed by atoms with Crippen molar-refractivity contribution in [1.29, 1.82) is 0 Å². The van der Waals surface area contributed by atoms with Crippen molar-refractivity contribution >= 4 is 11.9 Å². The van der Waals surface area contributed by atoms with Gasteiger partial charge in [-0.3, -0.25) is 4.79 Å². The minimum absolute atomic E-state index is 0.163. The number of carbonyl (C=O) groups excluding carboxylic acids is 1. The summed E-state index contributed by atoms with van der Waals surface area (Å²) in [5.41, 5.74) is 2.36. The maximum atomic E-state index is 12.7. The van der Waals surface area contributed by atoms with Crippen molar-refractivity contribution in [3.63, 3.8) is 0 Å². The third kappa shape index (κ3) is 3.94. The van der Waals surface area contributed by atoms with Gasteiger partial charge in [-0.05, 0) is 41.5 Å². The van der Waals surface area contributed by atoms with Gasteiger partial charge in [0.1, 0.15) is 18.1 Å². The molecule has 0 radical (unpaired) electrons. The number of methoxy groups -OCH3 is 2. The summed E-state index contributed by atoms with van der Waals surface area (Å²) in [4.78, 5) is 12.7. The fourth-order valence-electron chi connectivity index (χ4n) is 3.09. The standard InChI is InChI=1S/C24H20O5/c1-26-20-11-8-17(12-22(20)27-2)13-23-24(25)19-10-9-18(14-21(19)29-23)28-15-16-6-4-3-5-7-16/h3-14H,15H2,1-2H3/b23-13-. The molecule has 0 amide bonds. The molecule has 1 aliphatic rings. The second kappa shape index (κ2) is 8.10. The summed E-state index contributed by atoms with van der Waals surface area (Å²) in [7, 11) is 3.15. The van der Waals surface area contributed by atoms with Gasteiger partial charge in [-0.2, -0.15) is 0 Å². The maximum Gasteiger partial charge on any atom is 0.231 e. The largest absolute Gasteiger partial charge is 0.493 e. The van der Waals surface area contributed by atoms with Crippen LogP contribution in [0.15, 0.2) is 72.5 Å². The highest BCUT2D eigenvalue weighted by Crippen LogP contribution is 2.36. The third-order valence-electron chi connectivity index (χ3n) is 4.60. The van der Waals surface area contributed by atoms with Crippen LogP contribution in [0.1, 0.15) is 21.5 Å². The van der Waals surface area contributed by atoms with E-state index in [9.17, 15) is 4.79 Å². The van der Waals surface area contributed by atoms with Gasteiger partial charge in [0.15, 0.2) is 17.3 Å². The zero-order valence-electron chi connectivity index (χ0n) is 16.2. The van der Waals surface area contributed by atoms with E-state index in [1.807, 2.05) is 36.4 Å². The zero-order valence-corrected chi connectivity index (χ0v) is 16.2. The van der Waals surface area contributed by atoms with E-state index in [4.69, 9.17) is 18.9 Å². The molecule has 0 unspecified atom stereocenters. The molecular formula is C24H20O5. The summed E-state index contributed by atoms with van der Waals surface area (Å²) in [5, 5.41) is 0. The van der Waals surface area contributed by atoms with Gasteiger partial charge in [0.2, 0.25) is 5.78 Å². The molecule has 0 fully saturated rings. The molecule has 5 nitrogen and oxygen atoms in total. The van der Waals surface area contributed by atoms with E-state index in [1.54, 1.807) is 50.6 Å². The third-order valence-corrected chi connectivity index (χ3v) is 4.60. The van der Waals surface area contributed by atoms with Crippen LogP contribution in [0.3, 0.4) is 0 Å². The molecule has 4 rings (SSSR count). The lowest BCUT2D eigenvalue weighted by Gasteiger charge is -2.08. The van der Waals surface area contributed by atoms with Crippen LogP contribution in [0.4, 0.5) is 0 Å². The zero-order chi connectivity index (χ0) is 20.2. The van der Waals surface area contributed by atoms with Gasteiger partial charge in [0, 0.05) is 6.07 Å². The fourth-order valence-corrected chi connectivity index (χ4v) is 3.09. The minimum atomic E-state index is -0.163. The van der Waals surface area contributed by atoms with Crippen LogP contribution in [0.2, 0.25) is 0 Å². The summed E-state index contributed by atoms with van der Waals surface area (Å²) < 4.78 is 22.2. The molecule has 3 aromatic carbocycles. The molecule has 0 aromatic heterocycles. The Hall–Kier alpha value is -3.73. The monoisotopic (exact) mass is 388 g/mol. The summed E-state index contributed by atoms with van der Waals surface area (Å²) in [6.07, 6.45) is 1.69. The average molecular weight is 388 g/mol. The number of carbonyl (C=O) groups is 1. The summed E-state index contributed by atoms with van der Waals surface area (Å²) in [6.45, 7) is 0.446. The number of allylic oxidation sites excluding steroid dienone is 1. The second-order valence-electron chi connectivity index (χ2n) is 6.49. The Morgan fingerprint density at radius 3 is 2.45 bits per heavy atom. The van der Waals surface area contributed by atoms with Crippen LogP contribution in [0.25, 0.3) is 6.08 Å². The molecule has 0 N–H and O–H groups in total. The van der Waals surface area contributed by atoms with Crippen LogP contribution in [-0.2, 0) is 6.61 Å². The molecule has 0 spiro atoms. The summed E-state index contributed by atoms with van der Waals surface area (Å²) >= 11 is 0. The van der Waals surface area contributed by atoms with Crippen LogP contribution < -0.4 is 18.9 Å². The second-order valence-corrected chi connectivity index (χ2v) is 6.49. The van der Waals surface area contributed by atoms with Gasteiger partial charge >= 0.3 is 0 Å². The number of ether oxygens (including phenoxy) is 4. The molecule has 1 aliphatic heterocycles. The lowest BCUT2D eigenvalue weighted by molar-refractivity contribution is 0.101. The van der Waals surface area contributed by atoms with Crippen molar-refractivity contribution in [3.05, 3.63) is 89.2 Å². The van der Waals surface area contributed by atoms with Crippen molar-refractivity contribution in [1.82, 2.24) is 0 Å².